The lowest BCUT2D eigenvalue weighted by Gasteiger charge is -2.21. The molecule has 23 heavy (non-hydrogen) atoms. The molecule has 6 nitrogen and oxygen atoms in total. The number of benzene rings is 1. The number of alkyl carbamates (subject to hydrolysis) is 1. The fourth-order valence-corrected chi connectivity index (χ4v) is 1.65. The molecule has 126 valence electrons. The number of hydrogen-bond donors (Lipinski definition) is 1. The summed E-state index contributed by atoms with van der Waals surface area (Å²) in [5.74, 6) is -1.06. The predicted octanol–water partition coefficient (Wildman–Crippen LogP) is 2.60. The second-order valence-corrected chi connectivity index (χ2v) is 6.16. The smallest absolute Gasteiger partial charge is 0.408 e. The molecule has 6 heteroatoms. The highest BCUT2D eigenvalue weighted by atomic mass is 16.6. The number of carbonyl (C=O) groups excluding carboxylic acids is 3. The monoisotopic (exact) mass is 321 g/mol. The third kappa shape index (κ3) is 7.99. The van der Waals surface area contributed by atoms with Crippen LogP contribution in [0, 0.1) is 0 Å². The van der Waals surface area contributed by atoms with E-state index in [4.69, 9.17) is 9.47 Å². The highest BCUT2D eigenvalue weighted by molar-refractivity contribution is 5.99. The number of esters is 1. The largest absolute Gasteiger partial charge is 0.460 e. The molecule has 0 aromatic heterocycles. The average molecular weight is 321 g/mol. The van der Waals surface area contributed by atoms with Crippen LogP contribution in [0.1, 0.15) is 39.7 Å². The summed E-state index contributed by atoms with van der Waals surface area (Å²) in [6, 6.07) is 8.35. The topological polar surface area (TPSA) is 81.7 Å². The van der Waals surface area contributed by atoms with Crippen molar-refractivity contribution in [3.8, 4) is 0 Å². The van der Waals surface area contributed by atoms with Crippen LogP contribution in [0.25, 0.3) is 0 Å². The number of Topliss-reactive ketones (excluding diaryl/α,β-unsaturated/α-hetero) is 1. The maximum Gasteiger partial charge on any atom is 0.408 e. The van der Waals surface area contributed by atoms with E-state index in [0.29, 0.717) is 0 Å². The molecule has 0 unspecified atom stereocenters. The minimum Gasteiger partial charge on any atom is -0.460 e. The molecule has 1 aromatic rings. The van der Waals surface area contributed by atoms with Gasteiger partial charge in [0.1, 0.15) is 18.6 Å². The Hall–Kier alpha value is -2.37. The van der Waals surface area contributed by atoms with Gasteiger partial charge >= 0.3 is 12.1 Å². The van der Waals surface area contributed by atoms with Crippen molar-refractivity contribution in [2.75, 3.05) is 0 Å². The number of ether oxygens (including phenoxy) is 2. The van der Waals surface area contributed by atoms with Gasteiger partial charge in [-0.2, -0.15) is 0 Å². The van der Waals surface area contributed by atoms with Crippen LogP contribution in [0.15, 0.2) is 30.3 Å². The highest BCUT2D eigenvalue weighted by Gasteiger charge is 2.22. The zero-order valence-electron chi connectivity index (χ0n) is 13.9. The van der Waals surface area contributed by atoms with Crippen molar-refractivity contribution in [1.29, 1.82) is 0 Å². The SMILES string of the molecule is C[C@H](NC(=O)OC(C)(C)C)C(=O)CC(=O)OCc1ccccc1. The van der Waals surface area contributed by atoms with Crippen LogP contribution in [0.2, 0.25) is 0 Å². The predicted molar refractivity (Wildman–Crippen MR) is 84.7 cm³/mol. The number of rotatable bonds is 6. The van der Waals surface area contributed by atoms with Gasteiger partial charge in [-0.1, -0.05) is 30.3 Å². The molecule has 1 amide bonds. The Bertz CT molecular complexity index is 548. The Morgan fingerprint density at radius 2 is 1.74 bits per heavy atom. The minimum absolute atomic E-state index is 0.112. The standard InChI is InChI=1S/C17H23NO5/c1-12(18-16(21)23-17(2,3)4)14(19)10-15(20)22-11-13-8-6-5-7-9-13/h5-9,12H,10-11H2,1-4H3,(H,18,21)/t12-/m0/s1. The molecule has 0 saturated heterocycles. The molecule has 0 aliphatic carbocycles. The molecule has 0 heterocycles. The Morgan fingerprint density at radius 3 is 2.30 bits per heavy atom. The van der Waals surface area contributed by atoms with Gasteiger partial charge in [0.25, 0.3) is 0 Å². The van der Waals surface area contributed by atoms with Crippen molar-refractivity contribution in [2.24, 2.45) is 0 Å². The highest BCUT2D eigenvalue weighted by Crippen LogP contribution is 2.07. The van der Waals surface area contributed by atoms with Crippen LogP contribution in [-0.4, -0.2) is 29.5 Å². The van der Waals surface area contributed by atoms with E-state index in [1.807, 2.05) is 30.3 Å². The maximum absolute atomic E-state index is 11.9. The molecule has 0 aliphatic heterocycles. The van der Waals surface area contributed by atoms with Gasteiger partial charge in [0.15, 0.2) is 5.78 Å². The average Bonchev–Trinajstić information content (AvgIpc) is 2.44. The molecule has 0 aliphatic rings. The van der Waals surface area contributed by atoms with E-state index < -0.39 is 35.9 Å². The van der Waals surface area contributed by atoms with Crippen LogP contribution in [-0.2, 0) is 25.7 Å². The van der Waals surface area contributed by atoms with Crippen molar-refractivity contribution in [2.45, 2.75) is 52.4 Å². The Balaban J connectivity index is 2.36. The van der Waals surface area contributed by atoms with Crippen molar-refractivity contribution in [3.63, 3.8) is 0 Å². The van der Waals surface area contributed by atoms with E-state index in [0.717, 1.165) is 5.56 Å². The second kappa shape index (κ2) is 8.31. The number of ketones is 1. The van der Waals surface area contributed by atoms with Crippen molar-refractivity contribution >= 4 is 17.8 Å². The molecule has 1 N–H and O–H groups in total. The van der Waals surface area contributed by atoms with E-state index >= 15 is 0 Å². The summed E-state index contributed by atoms with van der Waals surface area (Å²) in [6.45, 7) is 6.78. The number of amides is 1. The molecule has 0 bridgehead atoms. The molecule has 0 saturated carbocycles. The van der Waals surface area contributed by atoms with Crippen LogP contribution < -0.4 is 5.32 Å². The molecule has 0 radical (unpaired) electrons. The third-order valence-electron chi connectivity index (χ3n) is 2.78. The van der Waals surface area contributed by atoms with Crippen LogP contribution >= 0.6 is 0 Å². The molecular weight excluding hydrogens is 298 g/mol. The van der Waals surface area contributed by atoms with E-state index in [1.165, 1.54) is 6.92 Å². The normalized spacial score (nSPS) is 12.2. The van der Waals surface area contributed by atoms with Crippen LogP contribution in [0.4, 0.5) is 4.79 Å². The fraction of sp³-hybridized carbons (Fsp3) is 0.471. The summed E-state index contributed by atoms with van der Waals surface area (Å²) < 4.78 is 10.1. The van der Waals surface area contributed by atoms with Gasteiger partial charge in [-0.15, -0.1) is 0 Å². The Labute approximate surface area is 136 Å². The third-order valence-corrected chi connectivity index (χ3v) is 2.78. The van der Waals surface area contributed by atoms with E-state index in [2.05, 4.69) is 5.32 Å². The van der Waals surface area contributed by atoms with Crippen LogP contribution in [0.5, 0.6) is 0 Å². The molecule has 0 spiro atoms. The molecule has 1 aromatic carbocycles. The first-order valence-electron chi connectivity index (χ1n) is 7.39. The number of nitrogens with one attached hydrogen (secondary N) is 1. The first-order chi connectivity index (χ1) is 10.7. The maximum atomic E-state index is 11.9. The van der Waals surface area contributed by atoms with Gasteiger partial charge in [-0.05, 0) is 33.3 Å². The summed E-state index contributed by atoms with van der Waals surface area (Å²) in [6.07, 6.45) is -1.10. The van der Waals surface area contributed by atoms with Crippen molar-refractivity contribution < 1.29 is 23.9 Å². The van der Waals surface area contributed by atoms with Gasteiger partial charge in [0, 0.05) is 0 Å². The molecule has 1 atom stereocenters. The quantitative estimate of drug-likeness (QED) is 0.643. The number of hydrogen-bond acceptors (Lipinski definition) is 5. The summed E-state index contributed by atoms with van der Waals surface area (Å²) in [5.41, 5.74) is 0.190. The van der Waals surface area contributed by atoms with Crippen LogP contribution in [0.3, 0.4) is 0 Å². The van der Waals surface area contributed by atoms with E-state index in [1.54, 1.807) is 20.8 Å². The Kier molecular flexibility index (Phi) is 6.75. The van der Waals surface area contributed by atoms with Gasteiger partial charge < -0.3 is 14.8 Å². The first-order valence-corrected chi connectivity index (χ1v) is 7.39. The van der Waals surface area contributed by atoms with Crippen molar-refractivity contribution in [3.05, 3.63) is 35.9 Å². The van der Waals surface area contributed by atoms with Crippen molar-refractivity contribution in [1.82, 2.24) is 5.32 Å². The second-order valence-electron chi connectivity index (χ2n) is 6.16. The summed E-state index contributed by atoms with van der Waals surface area (Å²) in [5, 5.41) is 2.40. The Morgan fingerprint density at radius 1 is 1.13 bits per heavy atom. The summed E-state index contributed by atoms with van der Waals surface area (Å²) >= 11 is 0. The zero-order valence-corrected chi connectivity index (χ0v) is 13.9. The number of carbonyl (C=O) groups is 3. The van der Waals surface area contributed by atoms with Gasteiger partial charge in [0.2, 0.25) is 0 Å². The van der Waals surface area contributed by atoms with E-state index in [-0.39, 0.29) is 6.61 Å². The van der Waals surface area contributed by atoms with Gasteiger partial charge in [-0.25, -0.2) is 4.79 Å². The van der Waals surface area contributed by atoms with Gasteiger partial charge in [-0.3, -0.25) is 9.59 Å². The lowest BCUT2D eigenvalue weighted by Crippen LogP contribution is -2.42. The lowest BCUT2D eigenvalue weighted by molar-refractivity contribution is -0.147. The molecule has 1 rings (SSSR count). The first kappa shape index (κ1) is 18.7. The van der Waals surface area contributed by atoms with E-state index in [9.17, 15) is 14.4 Å². The lowest BCUT2D eigenvalue weighted by atomic mass is 10.1. The molecular formula is C17H23NO5. The summed E-state index contributed by atoms with van der Waals surface area (Å²) in [7, 11) is 0. The minimum atomic E-state index is -0.825. The zero-order chi connectivity index (χ0) is 17.5. The summed E-state index contributed by atoms with van der Waals surface area (Å²) in [4.78, 5) is 35.1. The fourth-order valence-electron chi connectivity index (χ4n) is 1.65. The van der Waals surface area contributed by atoms with Gasteiger partial charge in [0.05, 0.1) is 6.04 Å². The molecule has 0 fully saturated rings.